The van der Waals surface area contributed by atoms with Gasteiger partial charge >= 0.3 is 0 Å². The minimum Gasteiger partial charge on any atom is -0.378 e. The monoisotopic (exact) mass is 487 g/mol. The van der Waals surface area contributed by atoms with Crippen molar-refractivity contribution in [2.45, 2.75) is 33.2 Å². The van der Waals surface area contributed by atoms with E-state index < -0.39 is 15.9 Å². The Bertz CT molecular complexity index is 1130. The lowest BCUT2D eigenvalue weighted by Gasteiger charge is -2.27. The summed E-state index contributed by atoms with van der Waals surface area (Å²) in [6.45, 7) is 7.72. The number of hydrogen-bond acceptors (Lipinski definition) is 5. The summed E-state index contributed by atoms with van der Waals surface area (Å²) < 4.78 is 31.3. The molecule has 1 aliphatic heterocycles. The number of anilines is 1. The molecule has 0 spiro atoms. The first kappa shape index (κ1) is 25.7. The topological polar surface area (TPSA) is 96.0 Å². The highest BCUT2D eigenvalue weighted by molar-refractivity contribution is 7.92. The normalized spacial score (nSPS) is 15.0. The van der Waals surface area contributed by atoms with Crippen LogP contribution in [0.2, 0.25) is 0 Å². The van der Waals surface area contributed by atoms with E-state index in [0.29, 0.717) is 44.0 Å². The third-order valence-corrected chi connectivity index (χ3v) is 7.21. The number of benzene rings is 2. The number of carbonyl (C=O) groups is 2. The molecule has 8 nitrogen and oxygen atoms in total. The number of amides is 2. The molecule has 0 bridgehead atoms. The molecule has 0 aliphatic carbocycles. The Kier molecular flexibility index (Phi) is 8.33. The molecule has 184 valence electrons. The van der Waals surface area contributed by atoms with Crippen LogP contribution < -0.4 is 9.62 Å². The molecule has 1 unspecified atom stereocenters. The molecule has 1 fully saturated rings. The minimum atomic E-state index is -3.73. The van der Waals surface area contributed by atoms with Crippen molar-refractivity contribution < 1.29 is 22.7 Å². The van der Waals surface area contributed by atoms with Crippen molar-refractivity contribution in [2.24, 2.45) is 0 Å². The Morgan fingerprint density at radius 3 is 2.26 bits per heavy atom. The van der Waals surface area contributed by atoms with E-state index in [2.05, 4.69) is 5.32 Å². The third-order valence-electron chi connectivity index (χ3n) is 6.06. The van der Waals surface area contributed by atoms with Crippen LogP contribution in [0.15, 0.2) is 42.5 Å². The summed E-state index contributed by atoms with van der Waals surface area (Å²) in [4.78, 5) is 27.2. The van der Waals surface area contributed by atoms with E-state index in [-0.39, 0.29) is 18.5 Å². The summed E-state index contributed by atoms with van der Waals surface area (Å²) in [7, 11) is -3.73. The van der Waals surface area contributed by atoms with Gasteiger partial charge in [0.1, 0.15) is 6.54 Å². The molecule has 1 N–H and O–H groups in total. The molecule has 1 saturated heterocycles. The summed E-state index contributed by atoms with van der Waals surface area (Å²) in [5.41, 5.74) is 4.08. The van der Waals surface area contributed by atoms with Gasteiger partial charge in [-0.25, -0.2) is 8.42 Å². The Labute approximate surface area is 201 Å². The second-order valence-corrected chi connectivity index (χ2v) is 10.5. The van der Waals surface area contributed by atoms with Crippen molar-refractivity contribution in [1.29, 1.82) is 0 Å². The van der Waals surface area contributed by atoms with Gasteiger partial charge in [-0.15, -0.1) is 0 Å². The summed E-state index contributed by atoms with van der Waals surface area (Å²) >= 11 is 0. The zero-order chi connectivity index (χ0) is 24.9. The average molecular weight is 488 g/mol. The summed E-state index contributed by atoms with van der Waals surface area (Å²) in [6.07, 6.45) is 1.74. The van der Waals surface area contributed by atoms with Crippen LogP contribution in [-0.4, -0.2) is 64.2 Å². The van der Waals surface area contributed by atoms with E-state index in [9.17, 15) is 18.0 Å². The first-order chi connectivity index (χ1) is 16.1. The van der Waals surface area contributed by atoms with E-state index in [1.54, 1.807) is 29.2 Å². The predicted molar refractivity (Wildman–Crippen MR) is 132 cm³/mol. The van der Waals surface area contributed by atoms with Crippen LogP contribution in [0.4, 0.5) is 5.69 Å². The van der Waals surface area contributed by atoms with Crippen molar-refractivity contribution in [3.63, 3.8) is 0 Å². The molecule has 0 saturated carbocycles. The lowest BCUT2D eigenvalue weighted by atomic mass is 9.99. The van der Waals surface area contributed by atoms with Gasteiger partial charge in [-0.05, 0) is 61.2 Å². The van der Waals surface area contributed by atoms with Gasteiger partial charge in [0.05, 0.1) is 31.2 Å². The predicted octanol–water partition coefficient (Wildman–Crippen LogP) is 2.81. The van der Waals surface area contributed by atoms with Gasteiger partial charge in [-0.1, -0.05) is 25.1 Å². The van der Waals surface area contributed by atoms with Crippen LogP contribution in [0.5, 0.6) is 0 Å². The standard InChI is InChI=1S/C25H33N3O5S/c1-5-23(21-7-6-18(2)19(3)16-21)26-24(29)17-28(34(4,31)32)22-10-8-20(9-11-22)25(30)27-12-14-33-15-13-27/h6-11,16,23H,5,12-15,17H2,1-4H3,(H,26,29). The van der Waals surface area contributed by atoms with E-state index in [4.69, 9.17) is 4.74 Å². The second-order valence-electron chi connectivity index (χ2n) is 8.59. The number of morpholine rings is 1. The fraction of sp³-hybridized carbons (Fsp3) is 0.440. The van der Waals surface area contributed by atoms with Gasteiger partial charge in [-0.3, -0.25) is 13.9 Å². The molecule has 1 aliphatic rings. The molecule has 9 heteroatoms. The fourth-order valence-corrected chi connectivity index (χ4v) is 4.75. The van der Waals surface area contributed by atoms with Gasteiger partial charge in [-0.2, -0.15) is 0 Å². The zero-order valence-corrected chi connectivity index (χ0v) is 21.0. The first-order valence-corrected chi connectivity index (χ1v) is 13.3. The molecule has 1 heterocycles. The Balaban J connectivity index is 1.73. The maximum absolute atomic E-state index is 12.9. The molecule has 2 aromatic carbocycles. The van der Waals surface area contributed by atoms with Crippen LogP contribution in [0.1, 0.15) is 46.4 Å². The Morgan fingerprint density at radius 2 is 1.71 bits per heavy atom. The smallest absolute Gasteiger partial charge is 0.254 e. The van der Waals surface area contributed by atoms with Gasteiger partial charge in [0.15, 0.2) is 0 Å². The molecule has 34 heavy (non-hydrogen) atoms. The summed E-state index contributed by atoms with van der Waals surface area (Å²) in [5, 5.41) is 2.96. The fourth-order valence-electron chi connectivity index (χ4n) is 3.89. The Hall–Kier alpha value is -2.91. The number of ether oxygens (including phenoxy) is 1. The van der Waals surface area contributed by atoms with E-state index in [0.717, 1.165) is 21.7 Å². The number of sulfonamides is 1. The van der Waals surface area contributed by atoms with Crippen molar-refractivity contribution in [2.75, 3.05) is 43.4 Å². The molecule has 3 rings (SSSR count). The highest BCUT2D eigenvalue weighted by atomic mass is 32.2. The molecule has 0 aromatic heterocycles. The van der Waals surface area contributed by atoms with Crippen LogP contribution >= 0.6 is 0 Å². The summed E-state index contributed by atoms with van der Waals surface area (Å²) in [5.74, 6) is -0.526. The van der Waals surface area contributed by atoms with Gasteiger partial charge in [0.25, 0.3) is 5.91 Å². The number of carbonyl (C=O) groups excluding carboxylic acids is 2. The third kappa shape index (κ3) is 6.36. The molecule has 1 atom stereocenters. The van der Waals surface area contributed by atoms with Crippen LogP contribution in [0.25, 0.3) is 0 Å². The van der Waals surface area contributed by atoms with Crippen LogP contribution in [-0.2, 0) is 19.6 Å². The lowest BCUT2D eigenvalue weighted by molar-refractivity contribution is -0.120. The van der Waals surface area contributed by atoms with Crippen molar-refractivity contribution in [1.82, 2.24) is 10.2 Å². The first-order valence-electron chi connectivity index (χ1n) is 11.4. The quantitative estimate of drug-likeness (QED) is 0.618. The molecule has 0 radical (unpaired) electrons. The second kappa shape index (κ2) is 11.0. The minimum absolute atomic E-state index is 0.127. The Morgan fingerprint density at radius 1 is 1.06 bits per heavy atom. The molecule has 2 aromatic rings. The van der Waals surface area contributed by atoms with E-state index >= 15 is 0 Å². The van der Waals surface area contributed by atoms with Crippen LogP contribution in [0, 0.1) is 13.8 Å². The van der Waals surface area contributed by atoms with Crippen molar-refractivity contribution >= 4 is 27.5 Å². The molecule has 2 amide bonds. The van der Waals surface area contributed by atoms with E-state index in [1.807, 2.05) is 39.0 Å². The van der Waals surface area contributed by atoms with Crippen molar-refractivity contribution in [3.8, 4) is 0 Å². The number of hydrogen-bond donors (Lipinski definition) is 1. The summed E-state index contributed by atoms with van der Waals surface area (Å²) in [6, 6.07) is 12.1. The maximum atomic E-state index is 12.9. The highest BCUT2D eigenvalue weighted by Gasteiger charge is 2.24. The van der Waals surface area contributed by atoms with Crippen molar-refractivity contribution in [3.05, 3.63) is 64.7 Å². The largest absolute Gasteiger partial charge is 0.378 e. The lowest BCUT2D eigenvalue weighted by Crippen LogP contribution is -2.42. The highest BCUT2D eigenvalue weighted by Crippen LogP contribution is 2.22. The zero-order valence-electron chi connectivity index (χ0n) is 20.2. The number of aryl methyl sites for hydroxylation is 2. The number of nitrogens with zero attached hydrogens (tertiary/aromatic N) is 2. The SMILES string of the molecule is CCC(NC(=O)CN(c1ccc(C(=O)N2CCOCC2)cc1)S(C)(=O)=O)c1ccc(C)c(C)c1. The molecular weight excluding hydrogens is 454 g/mol. The van der Waals surface area contributed by atoms with Gasteiger partial charge in [0, 0.05) is 18.7 Å². The molecular formula is C25H33N3O5S. The average Bonchev–Trinajstić information content (AvgIpc) is 2.82. The maximum Gasteiger partial charge on any atom is 0.254 e. The van der Waals surface area contributed by atoms with Gasteiger partial charge in [0.2, 0.25) is 15.9 Å². The van der Waals surface area contributed by atoms with E-state index in [1.165, 1.54) is 5.56 Å². The number of nitrogens with one attached hydrogen (secondary N) is 1. The van der Waals surface area contributed by atoms with Crippen LogP contribution in [0.3, 0.4) is 0 Å². The van der Waals surface area contributed by atoms with Gasteiger partial charge < -0.3 is 15.0 Å². The number of rotatable bonds is 8.